The molecule has 1 heterocycles. The topological polar surface area (TPSA) is 51.8 Å². The van der Waals surface area contributed by atoms with Gasteiger partial charge in [-0.15, -0.1) is 0 Å². The highest BCUT2D eigenvalue weighted by atomic mass is 31.2. The predicted molar refractivity (Wildman–Crippen MR) is 156 cm³/mol. The fourth-order valence-corrected chi connectivity index (χ4v) is 7.90. The fourth-order valence-electron chi connectivity index (χ4n) is 4.38. The second kappa shape index (κ2) is 11.3. The van der Waals surface area contributed by atoms with Gasteiger partial charge in [-0.3, -0.25) is 0 Å². The van der Waals surface area contributed by atoms with Gasteiger partial charge in [-0.25, -0.2) is 9.54 Å². The molecule has 0 aliphatic heterocycles. The van der Waals surface area contributed by atoms with Crippen molar-refractivity contribution in [1.82, 2.24) is 0 Å². The highest BCUT2D eigenvalue weighted by Crippen LogP contribution is 2.48. The number of rotatable bonds is 7. The van der Waals surface area contributed by atoms with E-state index in [9.17, 15) is 4.79 Å². The van der Waals surface area contributed by atoms with Crippen molar-refractivity contribution in [2.24, 2.45) is 4.74 Å². The maximum absolute atomic E-state index is 13.2. The van der Waals surface area contributed by atoms with Gasteiger partial charge in [0.2, 0.25) is 0 Å². The Morgan fingerprint density at radius 3 is 1.68 bits per heavy atom. The van der Waals surface area contributed by atoms with E-state index >= 15 is 0 Å². The molecule has 1 aromatic heterocycles. The van der Waals surface area contributed by atoms with Crippen molar-refractivity contribution < 1.29 is 13.9 Å². The molecule has 0 fully saturated rings. The van der Waals surface area contributed by atoms with E-state index in [-0.39, 0.29) is 5.70 Å². The summed E-state index contributed by atoms with van der Waals surface area (Å²) in [7, 11) is -1.28. The van der Waals surface area contributed by atoms with E-state index in [0.717, 1.165) is 27.2 Å². The van der Waals surface area contributed by atoms with Gasteiger partial charge >= 0.3 is 5.97 Å². The minimum absolute atomic E-state index is 0.196. The Balaban J connectivity index is 1.76. The number of carbonyl (C=O) groups excluding carboxylic acids is 1. The number of carbonyl (C=O) groups is 1. The van der Waals surface area contributed by atoms with Gasteiger partial charge in [0, 0.05) is 27.6 Å². The zero-order valence-electron chi connectivity index (χ0n) is 21.3. The Labute approximate surface area is 223 Å². The van der Waals surface area contributed by atoms with Crippen LogP contribution in [0.4, 0.5) is 0 Å². The molecule has 0 saturated heterocycles. The van der Waals surface area contributed by atoms with Crippen molar-refractivity contribution in [1.29, 1.82) is 0 Å². The zero-order chi connectivity index (χ0) is 26.4. The first-order chi connectivity index (χ1) is 18.6. The standard InChI is InChI=1S/C33H28NO3P/c1-25-18-20-26(21-19-25)32-23-22-27(37-32)24-31(33(35)36-2)34-38(28-12-6-3-7-13-28,29-14-8-4-9-15-29)30-16-10-5-11-17-30/h3-24H,1-2H3/b31-24+. The van der Waals surface area contributed by atoms with Crippen LogP contribution in [0.2, 0.25) is 0 Å². The molecule has 38 heavy (non-hydrogen) atoms. The monoisotopic (exact) mass is 517 g/mol. The lowest BCUT2D eigenvalue weighted by Crippen LogP contribution is -2.26. The maximum atomic E-state index is 13.2. The molecule has 0 atom stereocenters. The Morgan fingerprint density at radius 2 is 1.21 bits per heavy atom. The number of hydrogen-bond acceptors (Lipinski definition) is 4. The van der Waals surface area contributed by atoms with E-state index in [1.807, 2.05) is 97.9 Å². The largest absolute Gasteiger partial charge is 0.464 e. The minimum Gasteiger partial charge on any atom is -0.464 e. The molecule has 188 valence electrons. The molecule has 0 aliphatic carbocycles. The Morgan fingerprint density at radius 1 is 0.711 bits per heavy atom. The van der Waals surface area contributed by atoms with Gasteiger partial charge in [-0.2, -0.15) is 0 Å². The van der Waals surface area contributed by atoms with E-state index in [1.165, 1.54) is 12.7 Å². The summed E-state index contributed by atoms with van der Waals surface area (Å²) in [5, 5.41) is 3.10. The molecule has 0 spiro atoms. The van der Waals surface area contributed by atoms with Crippen LogP contribution in [0.1, 0.15) is 11.3 Å². The van der Waals surface area contributed by atoms with E-state index in [1.54, 1.807) is 6.08 Å². The van der Waals surface area contributed by atoms with Gasteiger partial charge in [-0.05, 0) is 19.1 Å². The van der Waals surface area contributed by atoms with Gasteiger partial charge < -0.3 is 9.15 Å². The van der Waals surface area contributed by atoms with Crippen LogP contribution in [0.3, 0.4) is 0 Å². The summed E-state index contributed by atoms with van der Waals surface area (Å²) in [5.74, 6) is 0.721. The summed E-state index contributed by atoms with van der Waals surface area (Å²) in [4.78, 5) is 13.2. The average molecular weight is 518 g/mol. The number of methoxy groups -OCH3 is 1. The Hall–Kier alpha value is -4.40. The molecule has 0 N–H and O–H groups in total. The van der Waals surface area contributed by atoms with Gasteiger partial charge in [0.25, 0.3) is 0 Å². The molecule has 0 bridgehead atoms. The maximum Gasteiger partial charge on any atom is 0.356 e. The summed E-state index contributed by atoms with van der Waals surface area (Å²) < 4.78 is 16.7. The van der Waals surface area contributed by atoms with Gasteiger partial charge in [0.15, 0.2) is 5.70 Å². The third kappa shape index (κ3) is 5.18. The lowest BCUT2D eigenvalue weighted by molar-refractivity contribution is -0.136. The van der Waals surface area contributed by atoms with Crippen molar-refractivity contribution in [2.45, 2.75) is 6.92 Å². The van der Waals surface area contributed by atoms with Gasteiger partial charge in [0.05, 0.1) is 14.2 Å². The van der Waals surface area contributed by atoms with Crippen LogP contribution < -0.4 is 15.9 Å². The molecule has 0 amide bonds. The van der Waals surface area contributed by atoms with Gasteiger partial charge in [-0.1, -0.05) is 121 Å². The molecule has 5 aromatic rings. The van der Waals surface area contributed by atoms with Crippen LogP contribution in [-0.2, 0) is 9.53 Å². The van der Waals surface area contributed by atoms with E-state index in [2.05, 4.69) is 36.4 Å². The number of aryl methyl sites for hydroxylation is 1. The first kappa shape index (κ1) is 25.3. The molecule has 5 rings (SSSR count). The Bertz CT molecular complexity index is 1500. The summed E-state index contributed by atoms with van der Waals surface area (Å²) in [6.45, 7) is 2.05. The second-order valence-corrected chi connectivity index (χ2v) is 11.9. The molecule has 4 aromatic carbocycles. The third-order valence-corrected chi connectivity index (χ3v) is 9.94. The fraction of sp³-hybridized carbons (Fsp3) is 0.0606. The zero-order valence-corrected chi connectivity index (χ0v) is 22.2. The molecule has 5 heteroatoms. The van der Waals surface area contributed by atoms with Crippen molar-refractivity contribution in [2.75, 3.05) is 7.11 Å². The Kier molecular flexibility index (Phi) is 7.53. The first-order valence-electron chi connectivity index (χ1n) is 12.4. The predicted octanol–water partition coefficient (Wildman–Crippen LogP) is 6.95. The number of nitrogens with zero attached hydrogens (tertiary/aromatic N) is 1. The molecular weight excluding hydrogens is 489 g/mol. The van der Waals surface area contributed by atoms with Gasteiger partial charge in [0.1, 0.15) is 11.5 Å². The highest BCUT2D eigenvalue weighted by molar-refractivity contribution is 7.87. The van der Waals surface area contributed by atoms with Crippen molar-refractivity contribution in [3.8, 4) is 11.3 Å². The van der Waals surface area contributed by atoms with E-state index < -0.39 is 13.0 Å². The SMILES string of the molecule is COC(=O)/C(=C\c1ccc(-c2ccc(C)cc2)o1)N=P(c1ccccc1)(c1ccccc1)c1ccccc1. The van der Waals surface area contributed by atoms with Crippen molar-refractivity contribution >= 4 is 35.0 Å². The van der Waals surface area contributed by atoms with Crippen LogP contribution in [0.15, 0.2) is 142 Å². The molecule has 0 unspecified atom stereocenters. The average Bonchev–Trinajstić information content (AvgIpc) is 3.45. The van der Waals surface area contributed by atoms with Crippen molar-refractivity contribution in [3.63, 3.8) is 0 Å². The van der Waals surface area contributed by atoms with E-state index in [0.29, 0.717) is 5.76 Å². The molecule has 0 saturated carbocycles. The minimum atomic E-state index is -2.66. The third-order valence-electron chi connectivity index (χ3n) is 6.28. The molecule has 0 radical (unpaired) electrons. The lowest BCUT2D eigenvalue weighted by atomic mass is 10.1. The number of ether oxygens (including phenoxy) is 1. The quantitative estimate of drug-likeness (QED) is 0.133. The van der Waals surface area contributed by atoms with Crippen LogP contribution in [0.25, 0.3) is 17.4 Å². The first-order valence-corrected chi connectivity index (χ1v) is 14.1. The molecule has 4 nitrogen and oxygen atoms in total. The normalized spacial score (nSPS) is 11.7. The smallest absolute Gasteiger partial charge is 0.356 e. The summed E-state index contributed by atoms with van der Waals surface area (Å²) >= 11 is 0. The highest BCUT2D eigenvalue weighted by Gasteiger charge is 2.29. The lowest BCUT2D eigenvalue weighted by Gasteiger charge is -2.27. The number of furan rings is 1. The van der Waals surface area contributed by atoms with Crippen LogP contribution in [0, 0.1) is 6.92 Å². The van der Waals surface area contributed by atoms with Crippen molar-refractivity contribution in [3.05, 3.63) is 144 Å². The second-order valence-electron chi connectivity index (χ2n) is 8.83. The number of esters is 1. The molecule has 0 aliphatic rings. The van der Waals surface area contributed by atoms with E-state index in [4.69, 9.17) is 13.9 Å². The summed E-state index contributed by atoms with van der Waals surface area (Å²) in [6.07, 6.45) is 1.67. The van der Waals surface area contributed by atoms with Crippen LogP contribution in [0.5, 0.6) is 0 Å². The van der Waals surface area contributed by atoms with Crippen LogP contribution >= 0.6 is 7.05 Å². The molecular formula is C33H28NO3P. The number of hydrogen-bond donors (Lipinski definition) is 0. The summed E-state index contributed by atoms with van der Waals surface area (Å²) in [6, 6.07) is 42.3. The summed E-state index contributed by atoms with van der Waals surface area (Å²) in [5.41, 5.74) is 2.34. The van der Waals surface area contributed by atoms with Crippen LogP contribution in [-0.4, -0.2) is 13.1 Å². The number of benzene rings is 4.